The summed E-state index contributed by atoms with van der Waals surface area (Å²) >= 11 is 0. The number of pyridine rings is 1. The van der Waals surface area contributed by atoms with E-state index < -0.39 is 5.97 Å². The third kappa shape index (κ3) is 5.50. The van der Waals surface area contributed by atoms with Gasteiger partial charge in [0.15, 0.2) is 0 Å². The van der Waals surface area contributed by atoms with E-state index in [1.54, 1.807) is 48.5 Å². The predicted molar refractivity (Wildman–Crippen MR) is 104 cm³/mol. The van der Waals surface area contributed by atoms with Gasteiger partial charge in [0.2, 0.25) is 0 Å². The van der Waals surface area contributed by atoms with Crippen molar-refractivity contribution in [2.45, 2.75) is 6.92 Å². The van der Waals surface area contributed by atoms with E-state index in [1.807, 2.05) is 6.92 Å². The van der Waals surface area contributed by atoms with Crippen molar-refractivity contribution in [1.82, 2.24) is 10.4 Å². The quantitative estimate of drug-likeness (QED) is 0.234. The molecule has 0 aliphatic carbocycles. The Labute approximate surface area is 161 Å². The molecule has 1 amide bonds. The zero-order valence-electron chi connectivity index (χ0n) is 15.0. The summed E-state index contributed by atoms with van der Waals surface area (Å²) in [5, 5.41) is 3.91. The Balaban J connectivity index is 1.51. The molecule has 0 saturated carbocycles. The maximum absolute atomic E-state index is 11.9. The Kier molecular flexibility index (Phi) is 6.10. The number of rotatable bonds is 6. The smallest absolute Gasteiger partial charge is 0.336 e. The molecule has 140 valence electrons. The molecule has 28 heavy (non-hydrogen) atoms. The number of hydrazone groups is 1. The summed E-state index contributed by atoms with van der Waals surface area (Å²) in [4.78, 5) is 27.8. The largest absolute Gasteiger partial charge is 0.465 e. The van der Waals surface area contributed by atoms with E-state index in [9.17, 15) is 9.59 Å². The van der Waals surface area contributed by atoms with E-state index in [2.05, 4.69) is 15.5 Å². The number of hydrogen-bond acceptors (Lipinski definition) is 6. The van der Waals surface area contributed by atoms with Crippen LogP contribution in [0.3, 0.4) is 0 Å². The summed E-state index contributed by atoms with van der Waals surface area (Å²) < 4.78 is 10.3. The molecular formula is C21H17N3O4. The average Bonchev–Trinajstić information content (AvgIpc) is 3.22. The van der Waals surface area contributed by atoms with Gasteiger partial charge in [0.1, 0.15) is 11.5 Å². The molecule has 0 fully saturated rings. The van der Waals surface area contributed by atoms with Gasteiger partial charge in [-0.2, -0.15) is 5.10 Å². The van der Waals surface area contributed by atoms with Gasteiger partial charge in [0, 0.05) is 18.0 Å². The van der Waals surface area contributed by atoms with Crippen LogP contribution < -0.4 is 10.2 Å². The van der Waals surface area contributed by atoms with Crippen molar-refractivity contribution < 1.29 is 18.7 Å². The standard InChI is InChI=1S/C21H17N3O4/c1-15-4-7-17(14-22-15)21(26)24-23-13-16-5-8-19(9-6-16)28-20(25)11-10-18-3-2-12-27-18/h2-14H,1H3,(H,24,26). The van der Waals surface area contributed by atoms with Gasteiger partial charge in [0.05, 0.1) is 18.0 Å². The normalized spacial score (nSPS) is 11.0. The molecule has 0 unspecified atom stereocenters. The van der Waals surface area contributed by atoms with Gasteiger partial charge in [-0.15, -0.1) is 0 Å². The van der Waals surface area contributed by atoms with Crippen LogP contribution in [0.5, 0.6) is 5.75 Å². The molecule has 0 aliphatic heterocycles. The molecule has 0 bridgehead atoms. The van der Waals surface area contributed by atoms with E-state index in [0.29, 0.717) is 17.1 Å². The maximum atomic E-state index is 11.9. The summed E-state index contributed by atoms with van der Waals surface area (Å²) in [5.74, 6) is 0.0856. The Morgan fingerprint density at radius 3 is 2.64 bits per heavy atom. The van der Waals surface area contributed by atoms with Crippen molar-refractivity contribution in [3.63, 3.8) is 0 Å². The van der Waals surface area contributed by atoms with E-state index >= 15 is 0 Å². The number of hydrogen-bond donors (Lipinski definition) is 1. The Morgan fingerprint density at radius 2 is 1.96 bits per heavy atom. The average molecular weight is 375 g/mol. The van der Waals surface area contributed by atoms with Crippen molar-refractivity contribution >= 4 is 24.2 Å². The third-order valence-corrected chi connectivity index (χ3v) is 3.58. The third-order valence-electron chi connectivity index (χ3n) is 3.58. The highest BCUT2D eigenvalue weighted by Crippen LogP contribution is 2.12. The zero-order valence-corrected chi connectivity index (χ0v) is 15.0. The van der Waals surface area contributed by atoms with E-state index in [4.69, 9.17) is 9.15 Å². The summed E-state index contributed by atoms with van der Waals surface area (Å²) in [7, 11) is 0. The molecule has 0 radical (unpaired) electrons. The monoisotopic (exact) mass is 375 g/mol. The van der Waals surface area contributed by atoms with Crippen LogP contribution in [0.2, 0.25) is 0 Å². The summed E-state index contributed by atoms with van der Waals surface area (Å²) in [6, 6.07) is 13.6. The summed E-state index contributed by atoms with van der Waals surface area (Å²) in [6.45, 7) is 1.84. The number of ether oxygens (including phenoxy) is 1. The number of carbonyl (C=O) groups is 2. The fourth-order valence-electron chi connectivity index (χ4n) is 2.14. The molecular weight excluding hydrogens is 358 g/mol. The highest BCUT2D eigenvalue weighted by Gasteiger charge is 2.04. The lowest BCUT2D eigenvalue weighted by atomic mass is 10.2. The molecule has 1 N–H and O–H groups in total. The van der Waals surface area contributed by atoms with E-state index in [1.165, 1.54) is 30.8 Å². The van der Waals surface area contributed by atoms with Crippen LogP contribution in [0, 0.1) is 6.92 Å². The maximum Gasteiger partial charge on any atom is 0.336 e. The molecule has 2 heterocycles. The fourth-order valence-corrected chi connectivity index (χ4v) is 2.14. The van der Waals surface area contributed by atoms with Gasteiger partial charge in [0.25, 0.3) is 5.91 Å². The zero-order chi connectivity index (χ0) is 19.8. The van der Waals surface area contributed by atoms with Crippen molar-refractivity contribution in [3.05, 3.63) is 89.6 Å². The molecule has 0 aliphatic rings. The minimum absolute atomic E-state index is 0.349. The molecule has 0 atom stereocenters. The minimum atomic E-state index is -0.517. The van der Waals surface area contributed by atoms with E-state index in [0.717, 1.165) is 11.3 Å². The predicted octanol–water partition coefficient (Wildman–Crippen LogP) is 3.37. The Hall–Kier alpha value is -4.00. The van der Waals surface area contributed by atoms with Crippen LogP contribution in [-0.2, 0) is 4.79 Å². The molecule has 7 heteroatoms. The first-order chi connectivity index (χ1) is 13.6. The molecule has 3 rings (SSSR count). The number of nitrogens with zero attached hydrogens (tertiary/aromatic N) is 2. The second kappa shape index (κ2) is 9.09. The number of furan rings is 1. The first-order valence-electron chi connectivity index (χ1n) is 8.40. The van der Waals surface area contributed by atoms with Gasteiger partial charge in [-0.1, -0.05) is 0 Å². The Bertz CT molecular complexity index is 989. The molecule has 7 nitrogen and oxygen atoms in total. The van der Waals surface area contributed by atoms with Crippen LogP contribution in [0.25, 0.3) is 6.08 Å². The second-order valence-electron chi connectivity index (χ2n) is 5.73. The van der Waals surface area contributed by atoms with Crippen LogP contribution >= 0.6 is 0 Å². The second-order valence-corrected chi connectivity index (χ2v) is 5.73. The summed E-state index contributed by atoms with van der Waals surface area (Å²) in [6.07, 6.45) is 7.30. The van der Waals surface area contributed by atoms with Gasteiger partial charge in [-0.05, 0) is 67.1 Å². The van der Waals surface area contributed by atoms with Crippen molar-refractivity contribution in [2.75, 3.05) is 0 Å². The molecule has 3 aromatic rings. The van der Waals surface area contributed by atoms with Crippen molar-refractivity contribution in [2.24, 2.45) is 5.10 Å². The number of carbonyl (C=O) groups excluding carboxylic acids is 2. The molecule has 0 saturated heterocycles. The number of nitrogens with one attached hydrogen (secondary N) is 1. The summed E-state index contributed by atoms with van der Waals surface area (Å²) in [5.41, 5.74) is 4.42. The van der Waals surface area contributed by atoms with Gasteiger partial charge in [-0.25, -0.2) is 10.2 Å². The first-order valence-corrected chi connectivity index (χ1v) is 8.40. The van der Waals surface area contributed by atoms with Crippen LogP contribution in [0.1, 0.15) is 27.4 Å². The van der Waals surface area contributed by atoms with Crippen molar-refractivity contribution in [1.29, 1.82) is 0 Å². The number of aryl methyl sites for hydroxylation is 1. The molecule has 2 aromatic heterocycles. The number of esters is 1. The Morgan fingerprint density at radius 1 is 1.14 bits per heavy atom. The molecule has 0 spiro atoms. The van der Waals surface area contributed by atoms with Gasteiger partial charge < -0.3 is 9.15 Å². The van der Waals surface area contributed by atoms with Crippen LogP contribution in [0.4, 0.5) is 0 Å². The SMILES string of the molecule is Cc1ccc(C(=O)NN=Cc2ccc(OC(=O)C=Cc3ccco3)cc2)cn1. The van der Waals surface area contributed by atoms with Gasteiger partial charge in [-0.3, -0.25) is 9.78 Å². The lowest BCUT2D eigenvalue weighted by Gasteiger charge is -2.02. The highest BCUT2D eigenvalue weighted by molar-refractivity contribution is 5.94. The lowest BCUT2D eigenvalue weighted by molar-refractivity contribution is -0.128. The number of benzene rings is 1. The van der Waals surface area contributed by atoms with Crippen LogP contribution in [0.15, 0.2) is 76.6 Å². The number of aromatic nitrogens is 1. The van der Waals surface area contributed by atoms with Crippen LogP contribution in [-0.4, -0.2) is 23.1 Å². The highest BCUT2D eigenvalue weighted by atomic mass is 16.5. The molecule has 1 aromatic carbocycles. The number of amides is 1. The first kappa shape index (κ1) is 18.8. The lowest BCUT2D eigenvalue weighted by Crippen LogP contribution is -2.17. The van der Waals surface area contributed by atoms with Gasteiger partial charge >= 0.3 is 5.97 Å². The van der Waals surface area contributed by atoms with E-state index in [-0.39, 0.29) is 5.91 Å². The topological polar surface area (TPSA) is 93.8 Å². The van der Waals surface area contributed by atoms with Crippen molar-refractivity contribution in [3.8, 4) is 5.75 Å². The minimum Gasteiger partial charge on any atom is -0.465 e. The fraction of sp³-hybridized carbons (Fsp3) is 0.0476.